The summed E-state index contributed by atoms with van der Waals surface area (Å²) in [6, 6.07) is 4.99. The summed E-state index contributed by atoms with van der Waals surface area (Å²) < 4.78 is 67.9. The zero-order valence-corrected chi connectivity index (χ0v) is 32.0. The summed E-state index contributed by atoms with van der Waals surface area (Å²) in [6.45, 7) is 6.94. The molecule has 5 amide bonds. The van der Waals surface area contributed by atoms with E-state index in [-0.39, 0.29) is 25.3 Å². The number of allylic oxidation sites excluding steroid dienone is 2. The molecule has 1 aromatic rings. The minimum absolute atomic E-state index is 0.0643. The van der Waals surface area contributed by atoms with Crippen molar-refractivity contribution in [3.63, 3.8) is 0 Å². The first kappa shape index (κ1) is 40.9. The van der Waals surface area contributed by atoms with E-state index in [1.807, 2.05) is 24.3 Å². The molecule has 2 aliphatic heterocycles. The largest absolute Gasteiger partial charge is 0.444 e. The Morgan fingerprint density at radius 3 is 2.43 bits per heavy atom. The summed E-state index contributed by atoms with van der Waals surface area (Å²) in [4.78, 5) is 67.5. The van der Waals surface area contributed by atoms with Crippen LogP contribution in [0.25, 0.3) is 0 Å². The molecule has 0 radical (unpaired) electrons. The summed E-state index contributed by atoms with van der Waals surface area (Å²) in [6.07, 6.45) is 0.593. The van der Waals surface area contributed by atoms with Crippen LogP contribution in [0.1, 0.15) is 90.2 Å². The molecule has 0 spiro atoms. The van der Waals surface area contributed by atoms with Gasteiger partial charge in [-0.2, -0.15) is 0 Å². The number of nitrogens with zero attached hydrogens (tertiary/aromatic N) is 2. The van der Waals surface area contributed by atoms with Crippen molar-refractivity contribution in [2.24, 2.45) is 17.1 Å². The monoisotopic (exact) mass is 779 g/mol. The fourth-order valence-electron chi connectivity index (χ4n) is 6.85. The van der Waals surface area contributed by atoms with Gasteiger partial charge < -0.3 is 30.3 Å². The Morgan fingerprint density at radius 2 is 1.78 bits per heavy atom. The van der Waals surface area contributed by atoms with Crippen LogP contribution in [-0.4, -0.2) is 96.2 Å². The second-order valence-electron chi connectivity index (χ2n) is 16.1. The van der Waals surface area contributed by atoms with Crippen molar-refractivity contribution in [3.8, 4) is 0 Å². The van der Waals surface area contributed by atoms with Gasteiger partial charge in [-0.15, -0.1) is 0 Å². The van der Waals surface area contributed by atoms with Gasteiger partial charge in [-0.1, -0.05) is 43.3 Å². The maximum atomic E-state index is 15.2. The Labute approximate surface area is 314 Å². The van der Waals surface area contributed by atoms with Crippen molar-refractivity contribution in [2.75, 3.05) is 13.1 Å². The highest BCUT2D eigenvalue weighted by Gasteiger charge is 2.56. The Kier molecular flexibility index (Phi) is 12.0. The zero-order valence-electron chi connectivity index (χ0n) is 31.1. The normalized spacial score (nSPS) is 24.7. The lowest BCUT2D eigenvalue weighted by Gasteiger charge is -2.30. The molecule has 0 aromatic heterocycles. The maximum Gasteiger partial charge on any atom is 0.410 e. The smallest absolute Gasteiger partial charge is 0.410 e. The molecule has 2 heterocycles. The number of sulfonamides is 1. The van der Waals surface area contributed by atoms with Crippen molar-refractivity contribution >= 4 is 39.9 Å². The lowest BCUT2D eigenvalue weighted by molar-refractivity contribution is -0.139. The van der Waals surface area contributed by atoms with E-state index in [1.54, 1.807) is 33.8 Å². The average molecular weight is 780 g/mol. The number of carbonyl (C=O) groups is 5. The van der Waals surface area contributed by atoms with Crippen molar-refractivity contribution in [2.45, 2.75) is 127 Å². The van der Waals surface area contributed by atoms with Crippen molar-refractivity contribution in [1.29, 1.82) is 0 Å². The molecule has 0 bridgehead atoms. The lowest BCUT2D eigenvalue weighted by atomic mass is 10.0. The van der Waals surface area contributed by atoms with Gasteiger partial charge in [-0.05, 0) is 76.3 Å². The lowest BCUT2D eigenvalue weighted by Crippen LogP contribution is -2.53. The Balaban J connectivity index is 1.17. The fourth-order valence-corrected chi connectivity index (χ4v) is 8.27. The number of primary amides is 1. The van der Waals surface area contributed by atoms with Crippen LogP contribution in [0.2, 0.25) is 0 Å². The second-order valence-corrected chi connectivity index (χ2v) is 18.0. The Bertz CT molecular complexity index is 1760. The fraction of sp³-hybridized carbons (Fsp3) is 0.649. The van der Waals surface area contributed by atoms with Gasteiger partial charge >= 0.3 is 12.2 Å². The molecule has 2 saturated carbocycles. The first-order chi connectivity index (χ1) is 25.2. The van der Waals surface area contributed by atoms with Crippen molar-refractivity contribution in [3.05, 3.63) is 47.5 Å². The van der Waals surface area contributed by atoms with Crippen LogP contribution in [0.15, 0.2) is 36.4 Å². The molecule has 1 saturated heterocycles. The van der Waals surface area contributed by atoms with E-state index in [1.165, 1.54) is 11.0 Å². The van der Waals surface area contributed by atoms with Crippen LogP contribution in [0.3, 0.4) is 0 Å². The molecule has 54 heavy (non-hydrogen) atoms. The molecule has 2 aliphatic carbocycles. The van der Waals surface area contributed by atoms with Crippen LogP contribution < -0.4 is 15.8 Å². The highest BCUT2D eigenvalue weighted by Crippen LogP contribution is 2.53. The topological polar surface area (TPSA) is 195 Å². The number of rotatable bonds is 14. The third kappa shape index (κ3) is 10.5. The molecule has 5 rings (SSSR count). The van der Waals surface area contributed by atoms with E-state index in [4.69, 9.17) is 15.2 Å². The second kappa shape index (κ2) is 15.8. The van der Waals surface area contributed by atoms with Gasteiger partial charge in [0.25, 0.3) is 0 Å². The van der Waals surface area contributed by atoms with Gasteiger partial charge in [0.1, 0.15) is 23.8 Å². The molecule has 3 fully saturated rings. The highest BCUT2D eigenvalue weighted by molar-refractivity contribution is 7.90. The number of nitrogens with one attached hydrogen (secondary N) is 2. The number of hydrogen-bond donors (Lipinski definition) is 3. The van der Waals surface area contributed by atoms with Gasteiger partial charge in [0, 0.05) is 32.4 Å². The number of alkyl halides is 2. The molecular formula is C37H51F2N5O9S. The number of alkyl carbamates (subject to hydrolysis) is 1. The first-order valence-corrected chi connectivity index (χ1v) is 19.9. The number of halogens is 2. The number of hydrogen-bond acceptors (Lipinski definition) is 9. The summed E-state index contributed by atoms with van der Waals surface area (Å²) in [5, 5.41) is 1.85. The third-order valence-corrected chi connectivity index (χ3v) is 12.2. The number of fused-ring (bicyclic) bond motifs is 1. The molecular weight excluding hydrogens is 728 g/mol. The minimum Gasteiger partial charge on any atom is -0.444 e. The third-order valence-electron chi connectivity index (χ3n) is 10.4. The van der Waals surface area contributed by atoms with Gasteiger partial charge in [-0.25, -0.2) is 26.8 Å². The van der Waals surface area contributed by atoms with Crippen LogP contribution >= 0.6 is 0 Å². The van der Waals surface area contributed by atoms with Gasteiger partial charge in [0.05, 0.1) is 17.2 Å². The quantitative estimate of drug-likeness (QED) is 0.235. The molecule has 298 valence electrons. The van der Waals surface area contributed by atoms with E-state index in [0.717, 1.165) is 16.0 Å². The summed E-state index contributed by atoms with van der Waals surface area (Å²) in [7, 11) is -3.70. The van der Waals surface area contributed by atoms with Crippen LogP contribution in [0, 0.1) is 11.3 Å². The number of nitrogens with two attached hydrogens (primary N) is 1. The minimum atomic E-state index is -3.70. The standard InChI is InChI=1S/C37H51F2N5O9S/c1-35(2,3)53-33(48)41-28(14-17-37(38,39)16-8-7-11-25-20-36(25,4)32(47)42-54(50,51)27-12-13-27)31(46)44-22-26(19-29(44)30(40)45)52-34(49)43-18-15-23-9-5-6-10-24(23)21-43/h5-7,9-11,25-29H,8,12-22H2,1-4H3,(H2,40,45)(H,41,48)(H,42,47)/b11-7-/t25-,26-,28+,29+,36+/m1/s1. The number of amides is 5. The molecule has 4 N–H and O–H groups in total. The Morgan fingerprint density at radius 1 is 1.09 bits per heavy atom. The van der Waals surface area contributed by atoms with Crippen molar-refractivity contribution in [1.82, 2.24) is 19.8 Å². The summed E-state index contributed by atoms with van der Waals surface area (Å²) in [5.41, 5.74) is 5.86. The van der Waals surface area contributed by atoms with Crippen LogP contribution in [0.4, 0.5) is 18.4 Å². The number of benzene rings is 1. The van der Waals surface area contributed by atoms with Crippen molar-refractivity contribution < 1.29 is 50.6 Å². The van der Waals surface area contributed by atoms with E-state index in [0.29, 0.717) is 38.8 Å². The molecule has 1 aromatic carbocycles. The average Bonchev–Trinajstić information content (AvgIpc) is 4.00. The first-order valence-electron chi connectivity index (χ1n) is 18.4. The SMILES string of the molecule is CC(C)(C)OC(=O)N[C@@H](CCC(F)(F)CC/C=C\[C@@H]1C[C@]1(C)C(=O)NS(=O)(=O)C1CC1)C(=O)N1C[C@H](OC(=O)N2CCc3ccccc3C2)C[C@H]1C(N)=O. The van der Waals surface area contributed by atoms with E-state index >= 15 is 8.78 Å². The molecule has 14 nitrogen and oxygen atoms in total. The highest BCUT2D eigenvalue weighted by atomic mass is 32.2. The van der Waals surface area contributed by atoms with E-state index in [2.05, 4.69) is 10.0 Å². The predicted octanol–water partition coefficient (Wildman–Crippen LogP) is 3.92. The predicted molar refractivity (Wildman–Crippen MR) is 192 cm³/mol. The number of carbonyl (C=O) groups excluding carboxylic acids is 5. The maximum absolute atomic E-state index is 15.2. The summed E-state index contributed by atoms with van der Waals surface area (Å²) >= 11 is 0. The summed E-state index contributed by atoms with van der Waals surface area (Å²) in [5.74, 6) is -5.90. The molecule has 4 aliphatic rings. The molecule has 0 unspecified atom stereocenters. The van der Waals surface area contributed by atoms with Gasteiger partial charge in [0.2, 0.25) is 33.7 Å². The van der Waals surface area contributed by atoms with E-state index in [9.17, 15) is 32.4 Å². The van der Waals surface area contributed by atoms with Crippen LogP contribution in [0.5, 0.6) is 0 Å². The molecule has 17 heteroatoms. The number of ether oxygens (including phenoxy) is 2. The van der Waals surface area contributed by atoms with Crippen LogP contribution in [-0.2, 0) is 46.8 Å². The number of likely N-dealkylation sites (tertiary alicyclic amines) is 1. The van der Waals surface area contributed by atoms with Gasteiger partial charge in [0.15, 0.2) is 0 Å². The molecule has 5 atom stereocenters. The van der Waals surface area contributed by atoms with E-state index < -0.39 is 99.6 Å². The Hall–Kier alpha value is -4.28. The van der Waals surface area contributed by atoms with Gasteiger partial charge in [-0.3, -0.25) is 19.1 Å². The zero-order chi connectivity index (χ0) is 39.6.